The molecule has 0 aliphatic carbocycles. The minimum Gasteiger partial charge on any atom is -0.489 e. The fraction of sp³-hybridized carbons (Fsp3) is 0.600. The molecule has 1 saturated heterocycles. The van der Waals surface area contributed by atoms with Crippen molar-refractivity contribution in [2.24, 2.45) is 5.73 Å². The minimum absolute atomic E-state index is 0.0441. The normalized spacial score (nSPS) is 18.8. The van der Waals surface area contributed by atoms with Crippen LogP contribution in [0.5, 0.6) is 5.75 Å². The molecule has 1 aromatic rings. The number of aliphatic hydroxyl groups is 1. The second kappa shape index (κ2) is 7.81. The van der Waals surface area contributed by atoms with Gasteiger partial charge >= 0.3 is 0 Å². The van der Waals surface area contributed by atoms with Gasteiger partial charge in [0.15, 0.2) is 9.84 Å². The van der Waals surface area contributed by atoms with Crippen LogP contribution in [0.25, 0.3) is 0 Å². The molecule has 1 fully saturated rings. The summed E-state index contributed by atoms with van der Waals surface area (Å²) in [4.78, 5) is 2.18. The second-order valence-corrected chi connectivity index (χ2v) is 8.21. The van der Waals surface area contributed by atoms with Crippen molar-refractivity contribution in [3.8, 4) is 5.75 Å². The number of β-amino-alcohol motifs (C(OH)–C–C–N with tert-alkyl or cyclic N) is 1. The van der Waals surface area contributed by atoms with Crippen molar-refractivity contribution in [2.45, 2.75) is 29.9 Å². The largest absolute Gasteiger partial charge is 0.489 e. The molecule has 23 heavy (non-hydrogen) atoms. The molecule has 1 heterocycles. The van der Waals surface area contributed by atoms with Crippen LogP contribution in [0.4, 0.5) is 0 Å². The van der Waals surface area contributed by atoms with Gasteiger partial charge in [-0.25, -0.2) is 8.42 Å². The van der Waals surface area contributed by atoms with Gasteiger partial charge in [-0.3, -0.25) is 0 Å². The van der Waals surface area contributed by atoms with Crippen LogP contribution in [0.2, 0.25) is 5.02 Å². The van der Waals surface area contributed by atoms with Crippen molar-refractivity contribution < 1.29 is 18.3 Å². The number of hydrogen-bond donors (Lipinski definition) is 2. The Hall–Kier alpha value is -0.860. The van der Waals surface area contributed by atoms with Crippen LogP contribution in [0.1, 0.15) is 12.8 Å². The first-order chi connectivity index (χ1) is 10.8. The third-order valence-corrected chi connectivity index (χ3v) is 5.46. The summed E-state index contributed by atoms with van der Waals surface area (Å²) in [7, 11) is -3.46. The van der Waals surface area contributed by atoms with E-state index in [1.807, 2.05) is 0 Å². The summed E-state index contributed by atoms with van der Waals surface area (Å²) in [6.45, 7) is 2.35. The molecule has 0 spiro atoms. The molecule has 3 N–H and O–H groups in total. The Morgan fingerprint density at radius 3 is 2.65 bits per heavy atom. The van der Waals surface area contributed by atoms with Gasteiger partial charge in [-0.2, -0.15) is 0 Å². The number of ether oxygens (including phenoxy) is 1. The number of sulfone groups is 1. The van der Waals surface area contributed by atoms with E-state index < -0.39 is 15.9 Å². The number of aliphatic hydroxyl groups excluding tert-OH is 1. The highest BCUT2D eigenvalue weighted by Crippen LogP contribution is 2.32. The van der Waals surface area contributed by atoms with Gasteiger partial charge in [0.2, 0.25) is 0 Å². The van der Waals surface area contributed by atoms with Gasteiger partial charge in [-0.05, 0) is 25.0 Å². The van der Waals surface area contributed by atoms with Crippen molar-refractivity contribution in [3.05, 3.63) is 23.2 Å². The molecule has 0 saturated carbocycles. The number of rotatable bonds is 6. The highest BCUT2D eigenvalue weighted by molar-refractivity contribution is 7.91. The van der Waals surface area contributed by atoms with E-state index >= 15 is 0 Å². The standard InChI is InChI=1S/C15H23ClN2O4S/c1-23(20,21)15-13(16)3-2-4-14(15)22-12-5-7-18(8-6-12)10-11(19)9-17/h2-4,11-12,19H,5-10,17H2,1H3/t11-/m1/s1. The lowest BCUT2D eigenvalue weighted by Crippen LogP contribution is -2.43. The maximum absolute atomic E-state index is 11.9. The average molecular weight is 363 g/mol. The number of benzene rings is 1. The van der Waals surface area contributed by atoms with Gasteiger partial charge in [-0.15, -0.1) is 0 Å². The lowest BCUT2D eigenvalue weighted by Gasteiger charge is -2.33. The summed E-state index contributed by atoms with van der Waals surface area (Å²) in [5.41, 5.74) is 5.42. The van der Waals surface area contributed by atoms with Gasteiger partial charge in [0.25, 0.3) is 0 Å². The molecule has 130 valence electrons. The summed E-state index contributed by atoms with van der Waals surface area (Å²) >= 11 is 6.02. The first kappa shape index (κ1) is 18.5. The summed E-state index contributed by atoms with van der Waals surface area (Å²) in [5, 5.41) is 9.76. The Labute approximate surface area is 142 Å². The SMILES string of the molecule is CS(=O)(=O)c1c(Cl)cccc1OC1CCN(C[C@H](O)CN)CC1. The lowest BCUT2D eigenvalue weighted by atomic mass is 10.1. The predicted octanol–water partition coefficient (Wildman–Crippen LogP) is 0.906. The van der Waals surface area contributed by atoms with Crippen LogP contribution in [0, 0.1) is 0 Å². The molecule has 0 aromatic heterocycles. The van der Waals surface area contributed by atoms with E-state index in [0.717, 1.165) is 32.2 Å². The number of nitrogens with zero attached hydrogens (tertiary/aromatic N) is 1. The summed E-state index contributed by atoms with van der Waals surface area (Å²) in [6.07, 6.45) is 2.05. The van der Waals surface area contributed by atoms with E-state index in [1.54, 1.807) is 18.2 Å². The molecule has 2 rings (SSSR count). The van der Waals surface area contributed by atoms with Crippen LogP contribution in [0.3, 0.4) is 0 Å². The smallest absolute Gasteiger partial charge is 0.180 e. The van der Waals surface area contributed by atoms with Crippen molar-refractivity contribution >= 4 is 21.4 Å². The monoisotopic (exact) mass is 362 g/mol. The quantitative estimate of drug-likeness (QED) is 0.781. The Balaban J connectivity index is 2.01. The van der Waals surface area contributed by atoms with Crippen molar-refractivity contribution in [1.29, 1.82) is 0 Å². The van der Waals surface area contributed by atoms with Crippen molar-refractivity contribution in [3.63, 3.8) is 0 Å². The molecule has 1 aliphatic heterocycles. The van der Waals surface area contributed by atoms with Crippen molar-refractivity contribution in [1.82, 2.24) is 4.90 Å². The summed E-state index contributed by atoms with van der Waals surface area (Å²) in [5.74, 6) is 0.306. The third kappa shape index (κ3) is 5.06. The van der Waals surface area contributed by atoms with E-state index in [4.69, 9.17) is 22.1 Å². The number of halogens is 1. The second-order valence-electron chi connectivity index (χ2n) is 5.85. The van der Waals surface area contributed by atoms with Crippen LogP contribution < -0.4 is 10.5 Å². The zero-order valence-electron chi connectivity index (χ0n) is 13.1. The topological polar surface area (TPSA) is 92.9 Å². The van der Waals surface area contributed by atoms with E-state index in [-0.39, 0.29) is 22.6 Å². The van der Waals surface area contributed by atoms with E-state index in [2.05, 4.69) is 4.90 Å². The third-order valence-electron chi connectivity index (χ3n) is 3.87. The minimum atomic E-state index is -3.46. The molecular weight excluding hydrogens is 340 g/mol. The van der Waals surface area contributed by atoms with Crippen LogP contribution in [-0.2, 0) is 9.84 Å². The highest BCUT2D eigenvalue weighted by atomic mass is 35.5. The molecule has 0 amide bonds. The molecule has 0 bridgehead atoms. The molecule has 1 atom stereocenters. The Morgan fingerprint density at radius 1 is 1.43 bits per heavy atom. The number of nitrogens with two attached hydrogens (primary N) is 1. The van der Waals surface area contributed by atoms with Crippen LogP contribution in [-0.4, -0.2) is 63.1 Å². The fourth-order valence-corrected chi connectivity index (χ4v) is 4.19. The fourth-order valence-electron chi connectivity index (χ4n) is 2.70. The van der Waals surface area contributed by atoms with Gasteiger partial charge in [0, 0.05) is 32.4 Å². The number of hydrogen-bond acceptors (Lipinski definition) is 6. The maximum Gasteiger partial charge on any atom is 0.180 e. The molecule has 6 nitrogen and oxygen atoms in total. The highest BCUT2D eigenvalue weighted by Gasteiger charge is 2.25. The van der Waals surface area contributed by atoms with E-state index in [9.17, 15) is 13.5 Å². The molecule has 0 unspecified atom stereocenters. The zero-order chi connectivity index (χ0) is 17.0. The molecular formula is C15H23ClN2O4S. The predicted molar refractivity (Wildman–Crippen MR) is 89.7 cm³/mol. The van der Waals surface area contributed by atoms with Crippen molar-refractivity contribution in [2.75, 3.05) is 32.4 Å². The Kier molecular flexibility index (Phi) is 6.27. The Bertz CT molecular complexity index is 630. The van der Waals surface area contributed by atoms with Gasteiger partial charge in [-0.1, -0.05) is 17.7 Å². The summed E-state index contributed by atoms with van der Waals surface area (Å²) in [6, 6.07) is 4.85. The first-order valence-electron chi connectivity index (χ1n) is 7.57. The van der Waals surface area contributed by atoms with E-state index in [1.165, 1.54) is 0 Å². The molecule has 0 radical (unpaired) electrons. The van der Waals surface area contributed by atoms with Gasteiger partial charge in [0.1, 0.15) is 16.7 Å². The number of piperidine rings is 1. The van der Waals surface area contributed by atoms with Gasteiger partial charge in [0.05, 0.1) is 11.1 Å². The zero-order valence-corrected chi connectivity index (χ0v) is 14.7. The van der Waals surface area contributed by atoms with Gasteiger partial charge < -0.3 is 20.5 Å². The average Bonchev–Trinajstić information content (AvgIpc) is 2.48. The summed E-state index contributed by atoms with van der Waals surface area (Å²) < 4.78 is 29.7. The Morgan fingerprint density at radius 2 is 2.09 bits per heavy atom. The lowest BCUT2D eigenvalue weighted by molar-refractivity contribution is 0.0630. The first-order valence-corrected chi connectivity index (χ1v) is 9.84. The maximum atomic E-state index is 11.9. The molecule has 1 aromatic carbocycles. The molecule has 1 aliphatic rings. The van der Waals surface area contributed by atoms with E-state index in [0.29, 0.717) is 12.3 Å². The molecule has 8 heteroatoms. The van der Waals surface area contributed by atoms with Crippen LogP contribution in [0.15, 0.2) is 23.1 Å². The number of likely N-dealkylation sites (tertiary alicyclic amines) is 1. The van der Waals surface area contributed by atoms with Crippen LogP contribution >= 0.6 is 11.6 Å².